The zero-order valence-corrected chi connectivity index (χ0v) is 10.9. The highest BCUT2D eigenvalue weighted by Gasteiger charge is 2.50. The van der Waals surface area contributed by atoms with E-state index in [0.717, 1.165) is 19.3 Å². The van der Waals surface area contributed by atoms with Crippen molar-refractivity contribution in [1.82, 2.24) is 0 Å². The highest BCUT2D eigenvalue weighted by molar-refractivity contribution is 6.22. The molecular formula is C15H17NO3. The van der Waals surface area contributed by atoms with E-state index >= 15 is 0 Å². The molecule has 2 amide bonds. The molecule has 1 saturated carbocycles. The third-order valence-electron chi connectivity index (χ3n) is 4.31. The standard InChI is InChI=1S/C15H17NO3/c1-9-6-7-10-11(8-9)15(19)16(14(10)18)12-4-2-3-5-13(12)17/h2-5,9-11,17H,6-8H2,1H3/t9-,10+,11-/m1/s1. The Balaban J connectivity index is 1.98. The zero-order valence-electron chi connectivity index (χ0n) is 10.9. The van der Waals surface area contributed by atoms with Gasteiger partial charge in [-0.25, -0.2) is 4.90 Å². The van der Waals surface area contributed by atoms with Crippen LogP contribution in [0.3, 0.4) is 0 Å². The van der Waals surface area contributed by atoms with E-state index < -0.39 is 0 Å². The maximum absolute atomic E-state index is 12.4. The number of phenolic OH excluding ortho intramolecular Hbond substituents is 1. The first-order chi connectivity index (χ1) is 9.09. The molecule has 3 atom stereocenters. The number of hydrogen-bond acceptors (Lipinski definition) is 3. The van der Waals surface area contributed by atoms with Crippen LogP contribution in [-0.2, 0) is 9.59 Å². The van der Waals surface area contributed by atoms with Gasteiger partial charge in [0, 0.05) is 0 Å². The minimum atomic E-state index is -0.198. The zero-order chi connectivity index (χ0) is 13.6. The van der Waals surface area contributed by atoms with Crippen LogP contribution in [-0.4, -0.2) is 16.9 Å². The van der Waals surface area contributed by atoms with E-state index in [1.54, 1.807) is 18.2 Å². The van der Waals surface area contributed by atoms with Gasteiger partial charge in [-0.05, 0) is 37.3 Å². The summed E-state index contributed by atoms with van der Waals surface area (Å²) in [7, 11) is 0. The van der Waals surface area contributed by atoms with Crippen molar-refractivity contribution in [2.75, 3.05) is 4.90 Å². The summed E-state index contributed by atoms with van der Waals surface area (Å²) in [6, 6.07) is 6.52. The maximum atomic E-state index is 12.4. The van der Waals surface area contributed by atoms with Gasteiger partial charge in [-0.1, -0.05) is 19.1 Å². The molecular weight excluding hydrogens is 242 g/mol. The number of amides is 2. The fraction of sp³-hybridized carbons (Fsp3) is 0.467. The molecule has 0 unspecified atom stereocenters. The molecule has 4 nitrogen and oxygen atoms in total. The van der Waals surface area contributed by atoms with Crippen LogP contribution in [0.4, 0.5) is 5.69 Å². The van der Waals surface area contributed by atoms with Crippen LogP contribution < -0.4 is 4.90 Å². The average Bonchev–Trinajstić information content (AvgIpc) is 2.63. The Morgan fingerprint density at radius 2 is 1.79 bits per heavy atom. The van der Waals surface area contributed by atoms with Crippen LogP contribution in [0.1, 0.15) is 26.2 Å². The molecule has 0 radical (unpaired) electrons. The molecule has 1 N–H and O–H groups in total. The Bertz CT molecular complexity index is 540. The number of phenols is 1. The lowest BCUT2D eigenvalue weighted by Crippen LogP contribution is -2.30. The highest BCUT2D eigenvalue weighted by atomic mass is 16.3. The summed E-state index contributed by atoms with van der Waals surface area (Å²) in [5.41, 5.74) is 0.319. The number of aromatic hydroxyl groups is 1. The molecule has 1 aromatic carbocycles. The van der Waals surface area contributed by atoms with Crippen molar-refractivity contribution < 1.29 is 14.7 Å². The van der Waals surface area contributed by atoms with Crippen LogP contribution in [0.15, 0.2) is 24.3 Å². The predicted octanol–water partition coefficient (Wildman–Crippen LogP) is 2.32. The first-order valence-corrected chi connectivity index (χ1v) is 6.75. The van der Waals surface area contributed by atoms with Gasteiger partial charge in [0.1, 0.15) is 5.75 Å². The van der Waals surface area contributed by atoms with Crippen LogP contribution in [0.2, 0.25) is 0 Å². The molecule has 0 bridgehead atoms. The number of hydrogen-bond donors (Lipinski definition) is 1. The summed E-state index contributed by atoms with van der Waals surface area (Å²) in [6.45, 7) is 2.12. The number of anilines is 1. The number of rotatable bonds is 1. The first kappa shape index (κ1) is 12.2. The third-order valence-corrected chi connectivity index (χ3v) is 4.31. The van der Waals surface area contributed by atoms with Gasteiger partial charge in [0.05, 0.1) is 17.5 Å². The van der Waals surface area contributed by atoms with Crippen molar-refractivity contribution >= 4 is 17.5 Å². The fourth-order valence-corrected chi connectivity index (χ4v) is 3.28. The maximum Gasteiger partial charge on any atom is 0.237 e. The summed E-state index contributed by atoms with van der Waals surface area (Å²) < 4.78 is 0. The highest BCUT2D eigenvalue weighted by Crippen LogP contribution is 2.43. The fourth-order valence-electron chi connectivity index (χ4n) is 3.28. The summed E-state index contributed by atoms with van der Waals surface area (Å²) >= 11 is 0. The van der Waals surface area contributed by atoms with Crippen molar-refractivity contribution in [3.8, 4) is 5.75 Å². The number of fused-ring (bicyclic) bond motifs is 1. The molecule has 0 spiro atoms. The summed E-state index contributed by atoms with van der Waals surface area (Å²) in [4.78, 5) is 26.0. The molecule has 0 aromatic heterocycles. The Kier molecular flexibility index (Phi) is 2.81. The van der Waals surface area contributed by atoms with Gasteiger partial charge in [0.2, 0.25) is 11.8 Å². The lowest BCUT2D eigenvalue weighted by atomic mass is 9.76. The summed E-state index contributed by atoms with van der Waals surface area (Å²) in [6.07, 6.45) is 2.55. The van der Waals surface area contributed by atoms with E-state index in [0.29, 0.717) is 11.6 Å². The molecule has 1 aliphatic heterocycles. The normalized spacial score (nSPS) is 30.6. The summed E-state index contributed by atoms with van der Waals surface area (Å²) in [5.74, 6) is -0.219. The Morgan fingerprint density at radius 1 is 1.11 bits per heavy atom. The number of para-hydroxylation sites is 2. The number of nitrogens with zero attached hydrogens (tertiary/aromatic N) is 1. The van der Waals surface area contributed by atoms with Crippen molar-refractivity contribution in [1.29, 1.82) is 0 Å². The number of benzene rings is 1. The third kappa shape index (κ3) is 1.82. The molecule has 1 aromatic rings. The van der Waals surface area contributed by atoms with Crippen LogP contribution in [0, 0.1) is 17.8 Å². The number of imide groups is 1. The molecule has 1 heterocycles. The molecule has 2 aliphatic rings. The Labute approximate surface area is 112 Å². The van der Waals surface area contributed by atoms with E-state index in [4.69, 9.17) is 0 Å². The average molecular weight is 259 g/mol. The molecule has 3 rings (SSSR count). The topological polar surface area (TPSA) is 57.6 Å². The minimum absolute atomic E-state index is 0.0177. The smallest absolute Gasteiger partial charge is 0.237 e. The lowest BCUT2D eigenvalue weighted by Gasteiger charge is -2.25. The molecule has 100 valence electrons. The Morgan fingerprint density at radius 3 is 2.53 bits per heavy atom. The van der Waals surface area contributed by atoms with Gasteiger partial charge in [0.25, 0.3) is 0 Å². The molecule has 1 aliphatic carbocycles. The van der Waals surface area contributed by atoms with Crippen molar-refractivity contribution in [3.63, 3.8) is 0 Å². The van der Waals surface area contributed by atoms with Crippen molar-refractivity contribution in [2.24, 2.45) is 17.8 Å². The quantitative estimate of drug-likeness (QED) is 0.787. The number of carbonyl (C=O) groups is 2. The minimum Gasteiger partial charge on any atom is -0.506 e. The SMILES string of the molecule is C[C@@H]1CC[C@@H]2C(=O)N(c3ccccc3O)C(=O)[C@@H]2C1. The van der Waals surface area contributed by atoms with Gasteiger partial charge in [0.15, 0.2) is 0 Å². The van der Waals surface area contributed by atoms with Crippen molar-refractivity contribution in [2.45, 2.75) is 26.2 Å². The van der Waals surface area contributed by atoms with E-state index in [1.165, 1.54) is 11.0 Å². The van der Waals surface area contributed by atoms with E-state index in [2.05, 4.69) is 6.92 Å². The first-order valence-electron chi connectivity index (χ1n) is 6.75. The molecule has 19 heavy (non-hydrogen) atoms. The van der Waals surface area contributed by atoms with Crippen LogP contribution >= 0.6 is 0 Å². The monoisotopic (exact) mass is 259 g/mol. The molecule has 2 fully saturated rings. The molecule has 4 heteroatoms. The van der Waals surface area contributed by atoms with Crippen LogP contribution in [0.5, 0.6) is 5.75 Å². The lowest BCUT2D eigenvalue weighted by molar-refractivity contribution is -0.122. The second-order valence-electron chi connectivity index (χ2n) is 5.63. The number of carbonyl (C=O) groups excluding carboxylic acids is 2. The van der Waals surface area contributed by atoms with Gasteiger partial charge >= 0.3 is 0 Å². The van der Waals surface area contributed by atoms with E-state index in [-0.39, 0.29) is 29.4 Å². The van der Waals surface area contributed by atoms with E-state index in [1.807, 2.05) is 0 Å². The molecule has 1 saturated heterocycles. The second-order valence-corrected chi connectivity index (χ2v) is 5.63. The van der Waals surface area contributed by atoms with Gasteiger partial charge in [-0.15, -0.1) is 0 Å². The van der Waals surface area contributed by atoms with Crippen molar-refractivity contribution in [3.05, 3.63) is 24.3 Å². The van der Waals surface area contributed by atoms with Gasteiger partial charge in [-0.3, -0.25) is 9.59 Å². The van der Waals surface area contributed by atoms with Gasteiger partial charge in [-0.2, -0.15) is 0 Å². The summed E-state index contributed by atoms with van der Waals surface area (Å²) in [5, 5.41) is 9.85. The Hall–Kier alpha value is -1.84. The predicted molar refractivity (Wildman–Crippen MR) is 70.6 cm³/mol. The van der Waals surface area contributed by atoms with Gasteiger partial charge < -0.3 is 5.11 Å². The van der Waals surface area contributed by atoms with E-state index in [9.17, 15) is 14.7 Å². The largest absolute Gasteiger partial charge is 0.506 e. The second kappa shape index (κ2) is 4.37. The van der Waals surface area contributed by atoms with Crippen LogP contribution in [0.25, 0.3) is 0 Å².